The van der Waals surface area contributed by atoms with E-state index in [-0.39, 0.29) is 0 Å². The van der Waals surface area contributed by atoms with Gasteiger partial charge in [0.15, 0.2) is 0 Å². The first kappa shape index (κ1) is 13.3. The normalized spacial score (nSPS) is 15.3. The molecule has 0 atom stereocenters. The summed E-state index contributed by atoms with van der Waals surface area (Å²) in [7, 11) is 1.70. The number of benzene rings is 2. The first-order valence-corrected chi connectivity index (χ1v) is 7.15. The molecule has 1 aliphatic heterocycles. The number of fused-ring (bicyclic) bond motifs is 1. The van der Waals surface area contributed by atoms with Gasteiger partial charge in [-0.1, -0.05) is 36.5 Å². The van der Waals surface area contributed by atoms with Gasteiger partial charge in [0.25, 0.3) is 0 Å². The lowest BCUT2D eigenvalue weighted by Gasteiger charge is -2.29. The second-order valence-corrected chi connectivity index (χ2v) is 5.15. The second kappa shape index (κ2) is 5.77. The molecular formula is C16H17NO2S. The smallest absolute Gasteiger partial charge is 0.126 e. The highest BCUT2D eigenvalue weighted by Gasteiger charge is 2.17. The summed E-state index contributed by atoms with van der Waals surface area (Å²) in [5.41, 5.74) is 1.10. The summed E-state index contributed by atoms with van der Waals surface area (Å²) in [4.78, 5) is 3.11. The average Bonchev–Trinajstić information content (AvgIpc) is 2.54. The van der Waals surface area contributed by atoms with E-state index >= 15 is 0 Å². The predicted molar refractivity (Wildman–Crippen MR) is 84.6 cm³/mol. The van der Waals surface area contributed by atoms with E-state index in [0.717, 1.165) is 53.4 Å². The van der Waals surface area contributed by atoms with Crippen molar-refractivity contribution in [3.05, 3.63) is 42.0 Å². The SMILES string of the molecule is COc1ccc(C(=S)N2CCOCC2)c2ccccc12. The van der Waals surface area contributed by atoms with Crippen LogP contribution in [0.3, 0.4) is 0 Å². The topological polar surface area (TPSA) is 21.7 Å². The highest BCUT2D eigenvalue weighted by atomic mass is 32.1. The van der Waals surface area contributed by atoms with Gasteiger partial charge in [-0.25, -0.2) is 0 Å². The first-order chi connectivity index (χ1) is 9.81. The third-order valence-electron chi connectivity index (χ3n) is 3.63. The van der Waals surface area contributed by atoms with Crippen LogP contribution in [0.2, 0.25) is 0 Å². The highest BCUT2D eigenvalue weighted by Crippen LogP contribution is 2.29. The van der Waals surface area contributed by atoms with Crippen LogP contribution >= 0.6 is 12.2 Å². The van der Waals surface area contributed by atoms with Gasteiger partial charge >= 0.3 is 0 Å². The Morgan fingerprint density at radius 1 is 1.10 bits per heavy atom. The Balaban J connectivity index is 2.05. The van der Waals surface area contributed by atoms with Gasteiger partial charge in [0.2, 0.25) is 0 Å². The maximum Gasteiger partial charge on any atom is 0.126 e. The largest absolute Gasteiger partial charge is 0.496 e. The zero-order chi connectivity index (χ0) is 13.9. The summed E-state index contributed by atoms with van der Waals surface area (Å²) in [6, 6.07) is 12.3. The van der Waals surface area contributed by atoms with Crippen molar-refractivity contribution in [2.75, 3.05) is 33.4 Å². The standard InChI is InChI=1S/C16H17NO2S/c1-18-15-7-6-14(12-4-2-3-5-13(12)15)16(20)17-8-10-19-11-9-17/h2-7H,8-11H2,1H3. The zero-order valence-corrected chi connectivity index (χ0v) is 12.3. The van der Waals surface area contributed by atoms with Crippen molar-refractivity contribution in [3.8, 4) is 5.75 Å². The molecule has 0 saturated carbocycles. The molecule has 3 nitrogen and oxygen atoms in total. The van der Waals surface area contributed by atoms with E-state index in [1.807, 2.05) is 18.2 Å². The van der Waals surface area contributed by atoms with Crippen LogP contribution < -0.4 is 4.74 Å². The summed E-state index contributed by atoms with van der Waals surface area (Å²) in [6.07, 6.45) is 0. The number of hydrogen-bond acceptors (Lipinski definition) is 3. The molecule has 0 amide bonds. The average molecular weight is 287 g/mol. The molecule has 0 spiro atoms. The van der Waals surface area contributed by atoms with Crippen LogP contribution in [0, 0.1) is 0 Å². The number of rotatable bonds is 2. The molecular weight excluding hydrogens is 270 g/mol. The van der Waals surface area contributed by atoms with E-state index in [0.29, 0.717) is 0 Å². The molecule has 3 rings (SSSR count). The van der Waals surface area contributed by atoms with Crippen molar-refractivity contribution >= 4 is 28.0 Å². The molecule has 4 heteroatoms. The van der Waals surface area contributed by atoms with Crippen LogP contribution in [0.1, 0.15) is 5.56 Å². The number of methoxy groups -OCH3 is 1. The monoisotopic (exact) mass is 287 g/mol. The Kier molecular flexibility index (Phi) is 3.85. The highest BCUT2D eigenvalue weighted by molar-refractivity contribution is 7.80. The Bertz CT molecular complexity index is 635. The minimum Gasteiger partial charge on any atom is -0.496 e. The van der Waals surface area contributed by atoms with E-state index in [1.165, 1.54) is 0 Å². The van der Waals surface area contributed by atoms with Crippen molar-refractivity contribution in [3.63, 3.8) is 0 Å². The van der Waals surface area contributed by atoms with Crippen LogP contribution in [0.4, 0.5) is 0 Å². The zero-order valence-electron chi connectivity index (χ0n) is 11.5. The first-order valence-electron chi connectivity index (χ1n) is 6.74. The van der Waals surface area contributed by atoms with Crippen molar-refractivity contribution < 1.29 is 9.47 Å². The molecule has 0 aromatic heterocycles. The lowest BCUT2D eigenvalue weighted by atomic mass is 10.0. The number of morpholine rings is 1. The Morgan fingerprint density at radius 3 is 2.50 bits per heavy atom. The third kappa shape index (κ3) is 2.37. The van der Waals surface area contributed by atoms with E-state index in [4.69, 9.17) is 21.7 Å². The number of thiocarbonyl (C=S) groups is 1. The maximum absolute atomic E-state index is 5.68. The fourth-order valence-electron chi connectivity index (χ4n) is 2.57. The fourth-order valence-corrected chi connectivity index (χ4v) is 2.93. The molecule has 1 aliphatic rings. The van der Waals surface area contributed by atoms with Crippen LogP contribution in [0.25, 0.3) is 10.8 Å². The van der Waals surface area contributed by atoms with Gasteiger partial charge in [0.05, 0.1) is 20.3 Å². The second-order valence-electron chi connectivity index (χ2n) is 4.77. The maximum atomic E-state index is 5.68. The van der Waals surface area contributed by atoms with E-state index in [2.05, 4.69) is 23.1 Å². The van der Waals surface area contributed by atoms with Crippen molar-refractivity contribution in [1.29, 1.82) is 0 Å². The molecule has 0 radical (unpaired) electrons. The minimum atomic E-state index is 0.744. The van der Waals surface area contributed by atoms with Crippen LogP contribution in [-0.4, -0.2) is 43.3 Å². The molecule has 0 N–H and O–H groups in total. The van der Waals surface area contributed by atoms with E-state index in [9.17, 15) is 0 Å². The van der Waals surface area contributed by atoms with E-state index < -0.39 is 0 Å². The Labute approximate surface area is 124 Å². The van der Waals surface area contributed by atoms with Crippen LogP contribution in [-0.2, 0) is 4.74 Å². The summed E-state index contributed by atoms with van der Waals surface area (Å²) >= 11 is 5.68. The molecule has 1 saturated heterocycles. The predicted octanol–water partition coefficient (Wildman–Crippen LogP) is 2.86. The van der Waals surface area contributed by atoms with Crippen molar-refractivity contribution in [1.82, 2.24) is 4.90 Å². The summed E-state index contributed by atoms with van der Waals surface area (Å²) in [5, 5.41) is 2.24. The van der Waals surface area contributed by atoms with Gasteiger partial charge in [-0.3, -0.25) is 0 Å². The summed E-state index contributed by atoms with van der Waals surface area (Å²) in [5.74, 6) is 0.883. The van der Waals surface area contributed by atoms with Crippen LogP contribution in [0.15, 0.2) is 36.4 Å². The molecule has 0 unspecified atom stereocenters. The van der Waals surface area contributed by atoms with E-state index in [1.54, 1.807) is 7.11 Å². The fraction of sp³-hybridized carbons (Fsp3) is 0.312. The quantitative estimate of drug-likeness (QED) is 0.792. The summed E-state index contributed by atoms with van der Waals surface area (Å²) in [6.45, 7) is 3.21. The number of nitrogens with zero attached hydrogens (tertiary/aromatic N) is 1. The lowest BCUT2D eigenvalue weighted by Crippen LogP contribution is -2.40. The minimum absolute atomic E-state index is 0.744. The Hall–Kier alpha value is -1.65. The molecule has 104 valence electrons. The molecule has 2 aromatic rings. The molecule has 1 heterocycles. The number of ether oxygens (including phenoxy) is 2. The molecule has 1 fully saturated rings. The van der Waals surface area contributed by atoms with Crippen molar-refractivity contribution in [2.45, 2.75) is 0 Å². The molecule has 0 bridgehead atoms. The Morgan fingerprint density at radius 2 is 1.80 bits per heavy atom. The number of hydrogen-bond donors (Lipinski definition) is 0. The van der Waals surface area contributed by atoms with Crippen molar-refractivity contribution in [2.24, 2.45) is 0 Å². The van der Waals surface area contributed by atoms with Gasteiger partial charge in [-0.05, 0) is 17.5 Å². The van der Waals surface area contributed by atoms with Gasteiger partial charge in [0.1, 0.15) is 10.7 Å². The molecule has 2 aromatic carbocycles. The third-order valence-corrected chi connectivity index (χ3v) is 4.11. The van der Waals surface area contributed by atoms with Gasteiger partial charge in [-0.2, -0.15) is 0 Å². The van der Waals surface area contributed by atoms with Gasteiger partial charge < -0.3 is 14.4 Å². The van der Waals surface area contributed by atoms with Gasteiger partial charge in [0, 0.05) is 24.0 Å². The lowest BCUT2D eigenvalue weighted by molar-refractivity contribution is 0.0693. The summed E-state index contributed by atoms with van der Waals surface area (Å²) < 4.78 is 10.8. The molecule has 0 aliphatic carbocycles. The molecule has 20 heavy (non-hydrogen) atoms. The van der Waals surface area contributed by atoms with Crippen LogP contribution in [0.5, 0.6) is 5.75 Å². The van der Waals surface area contributed by atoms with Gasteiger partial charge in [-0.15, -0.1) is 0 Å².